The smallest absolute Gasteiger partial charge is 0.247 e. The molecule has 3 rings (SSSR count). The predicted molar refractivity (Wildman–Crippen MR) is 92.8 cm³/mol. The summed E-state index contributed by atoms with van der Waals surface area (Å²) in [5, 5.41) is 14.6. The van der Waals surface area contributed by atoms with Gasteiger partial charge in [0.2, 0.25) is 17.7 Å². The highest BCUT2D eigenvalue weighted by atomic mass is 35.5. The van der Waals surface area contributed by atoms with Gasteiger partial charge >= 0.3 is 0 Å². The quantitative estimate of drug-likeness (QED) is 0.733. The fourth-order valence-corrected chi connectivity index (χ4v) is 2.31. The maximum Gasteiger partial charge on any atom is 0.247 e. The summed E-state index contributed by atoms with van der Waals surface area (Å²) < 4.78 is 5.62. The number of halogens is 1. The van der Waals surface area contributed by atoms with E-state index in [9.17, 15) is 4.79 Å². The van der Waals surface area contributed by atoms with Crippen LogP contribution in [0.5, 0.6) is 0 Å². The zero-order valence-electron chi connectivity index (χ0n) is 12.9. The van der Waals surface area contributed by atoms with Gasteiger partial charge in [0.25, 0.3) is 0 Å². The van der Waals surface area contributed by atoms with Gasteiger partial charge in [0, 0.05) is 28.9 Å². The van der Waals surface area contributed by atoms with Crippen LogP contribution in [0, 0.1) is 0 Å². The zero-order valence-corrected chi connectivity index (χ0v) is 13.7. The van der Waals surface area contributed by atoms with Gasteiger partial charge in [0.05, 0.1) is 6.54 Å². The first-order valence-corrected chi connectivity index (χ1v) is 7.68. The molecule has 0 radical (unpaired) electrons. The van der Waals surface area contributed by atoms with Gasteiger partial charge in [-0.3, -0.25) is 4.79 Å². The Morgan fingerprint density at radius 3 is 2.58 bits per heavy atom. The molecule has 7 heteroatoms. The van der Waals surface area contributed by atoms with Crippen LogP contribution in [0.3, 0.4) is 0 Å². The molecule has 2 aromatic carbocycles. The molecule has 0 unspecified atom stereocenters. The second-order valence-electron chi connectivity index (χ2n) is 5.12. The number of carbonyl (C=O) groups is 1. The number of anilines is 2. The van der Waals surface area contributed by atoms with Crippen LogP contribution in [-0.2, 0) is 11.3 Å². The molecular weight excluding hydrogens is 328 g/mol. The summed E-state index contributed by atoms with van der Waals surface area (Å²) in [6.07, 6.45) is 0. The Labute approximate surface area is 143 Å². The number of aromatic nitrogens is 2. The van der Waals surface area contributed by atoms with E-state index in [1.165, 1.54) is 6.92 Å². The van der Waals surface area contributed by atoms with Gasteiger partial charge in [-0.1, -0.05) is 17.7 Å². The molecule has 6 nitrogen and oxygen atoms in total. The van der Waals surface area contributed by atoms with E-state index >= 15 is 0 Å². The Kier molecular flexibility index (Phi) is 4.77. The first kappa shape index (κ1) is 16.0. The third-order valence-corrected chi connectivity index (χ3v) is 3.42. The van der Waals surface area contributed by atoms with Crippen LogP contribution >= 0.6 is 11.6 Å². The van der Waals surface area contributed by atoms with E-state index in [0.29, 0.717) is 23.3 Å². The minimum atomic E-state index is -0.102. The zero-order chi connectivity index (χ0) is 16.9. The molecule has 1 heterocycles. The maximum absolute atomic E-state index is 11.0. The summed E-state index contributed by atoms with van der Waals surface area (Å²) in [5.74, 6) is 0.793. The molecular formula is C17H15ClN4O2. The lowest BCUT2D eigenvalue weighted by molar-refractivity contribution is -0.114. The maximum atomic E-state index is 11.0. The summed E-state index contributed by atoms with van der Waals surface area (Å²) >= 11 is 5.96. The fraction of sp³-hybridized carbons (Fsp3) is 0.118. The van der Waals surface area contributed by atoms with E-state index in [1.54, 1.807) is 12.1 Å². The van der Waals surface area contributed by atoms with Gasteiger partial charge in [-0.25, -0.2) is 0 Å². The van der Waals surface area contributed by atoms with Gasteiger partial charge < -0.3 is 15.1 Å². The van der Waals surface area contributed by atoms with Gasteiger partial charge in [-0.05, 0) is 42.5 Å². The SMILES string of the molecule is CC(=O)Nc1ccc(NCc2nnc(-c3cccc(Cl)c3)o2)cc1. The molecule has 3 aromatic rings. The fourth-order valence-electron chi connectivity index (χ4n) is 2.12. The average molecular weight is 343 g/mol. The highest BCUT2D eigenvalue weighted by Gasteiger charge is 2.08. The molecule has 0 aliphatic carbocycles. The predicted octanol–water partition coefficient (Wildman–Crippen LogP) is 3.96. The second-order valence-corrected chi connectivity index (χ2v) is 5.56. The van der Waals surface area contributed by atoms with Crippen molar-refractivity contribution in [2.24, 2.45) is 0 Å². The molecule has 0 fully saturated rings. The summed E-state index contributed by atoms with van der Waals surface area (Å²) in [4.78, 5) is 11.0. The molecule has 0 saturated heterocycles. The number of nitrogens with zero attached hydrogens (tertiary/aromatic N) is 2. The molecule has 0 atom stereocenters. The second kappa shape index (κ2) is 7.14. The van der Waals surface area contributed by atoms with Crippen molar-refractivity contribution in [3.05, 3.63) is 59.4 Å². The number of hydrogen-bond acceptors (Lipinski definition) is 5. The lowest BCUT2D eigenvalue weighted by atomic mass is 10.2. The van der Waals surface area contributed by atoms with Crippen molar-refractivity contribution in [2.45, 2.75) is 13.5 Å². The van der Waals surface area contributed by atoms with E-state index < -0.39 is 0 Å². The average Bonchev–Trinajstić information content (AvgIpc) is 3.03. The molecule has 1 aromatic heterocycles. The molecule has 2 N–H and O–H groups in total. The highest BCUT2D eigenvalue weighted by molar-refractivity contribution is 6.30. The minimum absolute atomic E-state index is 0.102. The Morgan fingerprint density at radius 2 is 1.88 bits per heavy atom. The highest BCUT2D eigenvalue weighted by Crippen LogP contribution is 2.22. The molecule has 0 aliphatic rings. The van der Waals surface area contributed by atoms with Crippen LogP contribution in [0.25, 0.3) is 11.5 Å². The van der Waals surface area contributed by atoms with Crippen LogP contribution in [0.15, 0.2) is 52.9 Å². The largest absolute Gasteiger partial charge is 0.419 e. The van der Waals surface area contributed by atoms with Crippen molar-refractivity contribution < 1.29 is 9.21 Å². The van der Waals surface area contributed by atoms with Crippen molar-refractivity contribution in [2.75, 3.05) is 10.6 Å². The number of amides is 1. The summed E-state index contributed by atoms with van der Waals surface area (Å²) in [7, 11) is 0. The van der Waals surface area contributed by atoms with Gasteiger partial charge in [0.15, 0.2) is 0 Å². The van der Waals surface area contributed by atoms with E-state index in [1.807, 2.05) is 36.4 Å². The lowest BCUT2D eigenvalue weighted by Gasteiger charge is -2.05. The number of nitrogens with one attached hydrogen (secondary N) is 2. The van der Waals surface area contributed by atoms with E-state index in [2.05, 4.69) is 20.8 Å². The monoisotopic (exact) mass is 342 g/mol. The lowest BCUT2D eigenvalue weighted by Crippen LogP contribution is -2.05. The molecule has 0 saturated carbocycles. The van der Waals surface area contributed by atoms with Crippen LogP contribution < -0.4 is 10.6 Å². The topological polar surface area (TPSA) is 80.0 Å². The third kappa shape index (κ3) is 4.11. The minimum Gasteiger partial charge on any atom is -0.419 e. The van der Waals surface area contributed by atoms with Crippen molar-refractivity contribution in [1.82, 2.24) is 10.2 Å². The Morgan fingerprint density at radius 1 is 1.12 bits per heavy atom. The Balaban J connectivity index is 1.62. The Hall–Kier alpha value is -2.86. The van der Waals surface area contributed by atoms with Crippen LogP contribution in [0.4, 0.5) is 11.4 Å². The van der Waals surface area contributed by atoms with Gasteiger partial charge in [-0.2, -0.15) is 0 Å². The van der Waals surface area contributed by atoms with Crippen molar-refractivity contribution >= 4 is 28.9 Å². The number of rotatable bonds is 5. The van der Waals surface area contributed by atoms with Crippen LogP contribution in [0.1, 0.15) is 12.8 Å². The normalized spacial score (nSPS) is 10.4. The van der Waals surface area contributed by atoms with Crippen molar-refractivity contribution in [3.63, 3.8) is 0 Å². The molecule has 24 heavy (non-hydrogen) atoms. The first-order chi connectivity index (χ1) is 11.6. The molecule has 122 valence electrons. The Bertz CT molecular complexity index is 846. The molecule has 0 aliphatic heterocycles. The summed E-state index contributed by atoms with van der Waals surface area (Å²) in [6.45, 7) is 1.87. The molecule has 0 spiro atoms. The molecule has 0 bridgehead atoms. The molecule has 1 amide bonds. The number of hydrogen-bond donors (Lipinski definition) is 2. The van der Waals surface area contributed by atoms with E-state index in [4.69, 9.17) is 16.0 Å². The third-order valence-electron chi connectivity index (χ3n) is 3.19. The van der Waals surface area contributed by atoms with E-state index in [0.717, 1.165) is 16.9 Å². The van der Waals surface area contributed by atoms with Gasteiger partial charge in [0.1, 0.15) is 0 Å². The standard InChI is InChI=1S/C17H15ClN4O2/c1-11(23)20-15-7-5-14(6-8-15)19-10-16-21-22-17(24-16)12-3-2-4-13(18)9-12/h2-9,19H,10H2,1H3,(H,20,23). The van der Waals surface area contributed by atoms with Crippen molar-refractivity contribution in [3.8, 4) is 11.5 Å². The van der Waals surface area contributed by atoms with Crippen LogP contribution in [0.2, 0.25) is 5.02 Å². The van der Waals surface area contributed by atoms with E-state index in [-0.39, 0.29) is 5.91 Å². The van der Waals surface area contributed by atoms with Gasteiger partial charge in [-0.15, -0.1) is 10.2 Å². The van der Waals surface area contributed by atoms with Crippen LogP contribution in [-0.4, -0.2) is 16.1 Å². The summed E-state index contributed by atoms with van der Waals surface area (Å²) in [5.41, 5.74) is 2.40. The first-order valence-electron chi connectivity index (χ1n) is 7.30. The van der Waals surface area contributed by atoms with Crippen molar-refractivity contribution in [1.29, 1.82) is 0 Å². The number of carbonyl (C=O) groups excluding carboxylic acids is 1. The number of benzene rings is 2. The summed E-state index contributed by atoms with van der Waals surface area (Å²) in [6, 6.07) is 14.6.